The summed E-state index contributed by atoms with van der Waals surface area (Å²) < 4.78 is 46.8. The molecule has 47 heavy (non-hydrogen) atoms. The van der Waals surface area contributed by atoms with Crippen LogP contribution < -0.4 is 9.46 Å². The Hall–Kier alpha value is -3.94. The number of sulfonamides is 1. The average molecular weight is 671 g/mol. The number of aliphatic hydroxyl groups excluding tert-OH is 1. The van der Waals surface area contributed by atoms with E-state index in [1.807, 2.05) is 32.0 Å². The van der Waals surface area contributed by atoms with Gasteiger partial charge in [-0.2, -0.15) is 0 Å². The third kappa shape index (κ3) is 8.91. The second kappa shape index (κ2) is 15.8. The summed E-state index contributed by atoms with van der Waals surface area (Å²) in [6, 6.07) is 13.0. The predicted octanol–water partition coefficient (Wildman–Crippen LogP) is 4.66. The Morgan fingerprint density at radius 3 is 2.53 bits per heavy atom. The van der Waals surface area contributed by atoms with Gasteiger partial charge in [-0.1, -0.05) is 30.3 Å². The third-order valence-corrected chi connectivity index (χ3v) is 9.99. The smallest absolute Gasteiger partial charge is 0.267 e. The molecule has 4 rings (SSSR count). The maximum Gasteiger partial charge on any atom is 0.267 e. The Morgan fingerprint density at radius 1 is 1.15 bits per heavy atom. The van der Waals surface area contributed by atoms with E-state index in [-0.39, 0.29) is 58.7 Å². The SMILES string of the molecule is Cc1noc(C)c1S(=O)(=O)Nc1ccc2c(c1)C(=O)N([C@@H](C)CO)C[C@H](C)[C@H](CN(C)C(=O)c1ccccc1)OCCCC[C@@H](C)O2. The number of hydrogen-bond acceptors (Lipinski definition) is 9. The number of nitrogens with one attached hydrogen (secondary N) is 1. The third-order valence-electron chi connectivity index (χ3n) is 8.36. The summed E-state index contributed by atoms with van der Waals surface area (Å²) in [5.74, 6) is -0.367. The highest BCUT2D eigenvalue weighted by molar-refractivity contribution is 7.92. The van der Waals surface area contributed by atoms with Crippen LogP contribution in [-0.4, -0.2) is 91.9 Å². The van der Waals surface area contributed by atoms with E-state index in [1.54, 1.807) is 48.0 Å². The van der Waals surface area contributed by atoms with Crippen LogP contribution in [-0.2, 0) is 14.8 Å². The van der Waals surface area contributed by atoms with E-state index in [9.17, 15) is 23.1 Å². The van der Waals surface area contributed by atoms with E-state index in [0.29, 0.717) is 30.9 Å². The molecule has 2 N–H and O–H groups in total. The second-order valence-corrected chi connectivity index (χ2v) is 13.9. The molecule has 12 nitrogen and oxygen atoms in total. The van der Waals surface area contributed by atoms with Gasteiger partial charge in [0.25, 0.3) is 21.8 Å². The van der Waals surface area contributed by atoms with Crippen LogP contribution in [0.25, 0.3) is 0 Å². The van der Waals surface area contributed by atoms with Crippen LogP contribution in [0.15, 0.2) is 57.9 Å². The maximum absolute atomic E-state index is 14.4. The van der Waals surface area contributed by atoms with Crippen LogP contribution in [0, 0.1) is 19.8 Å². The van der Waals surface area contributed by atoms with Crippen LogP contribution in [0.4, 0.5) is 5.69 Å². The van der Waals surface area contributed by atoms with Crippen molar-refractivity contribution >= 4 is 27.5 Å². The minimum absolute atomic E-state index is 0.0695. The summed E-state index contributed by atoms with van der Waals surface area (Å²) in [7, 11) is -2.35. The van der Waals surface area contributed by atoms with E-state index < -0.39 is 28.1 Å². The summed E-state index contributed by atoms with van der Waals surface area (Å²) in [6.45, 7) is 9.32. The second-order valence-electron chi connectivity index (χ2n) is 12.3. The van der Waals surface area contributed by atoms with Crippen molar-refractivity contribution in [2.75, 3.05) is 38.1 Å². The molecule has 0 unspecified atom stereocenters. The Morgan fingerprint density at radius 2 is 1.87 bits per heavy atom. The Balaban J connectivity index is 1.67. The van der Waals surface area contributed by atoms with E-state index in [0.717, 1.165) is 12.8 Å². The van der Waals surface area contributed by atoms with Gasteiger partial charge in [-0.25, -0.2) is 8.42 Å². The van der Waals surface area contributed by atoms with Crippen molar-refractivity contribution in [3.05, 3.63) is 71.1 Å². The lowest BCUT2D eigenvalue weighted by Crippen LogP contribution is -2.48. The van der Waals surface area contributed by atoms with Gasteiger partial charge in [-0.05, 0) is 77.3 Å². The number of anilines is 1. The van der Waals surface area contributed by atoms with Crippen molar-refractivity contribution < 1.29 is 37.1 Å². The number of aromatic nitrogens is 1. The van der Waals surface area contributed by atoms with Crippen molar-refractivity contribution in [3.8, 4) is 5.75 Å². The molecule has 3 aromatic rings. The largest absolute Gasteiger partial charge is 0.490 e. The molecule has 13 heteroatoms. The molecule has 0 fully saturated rings. The summed E-state index contributed by atoms with van der Waals surface area (Å²) in [5.41, 5.74) is 1.09. The standard InChI is InChI=1S/C34H46N4O8S/c1-22-19-38(23(2)21-39)34(41)29-18-28(36-47(42,43)32-25(4)35-46-26(32)5)15-16-30(29)45-24(3)12-10-11-17-44-31(22)20-37(6)33(40)27-13-8-7-9-14-27/h7-9,13-16,18,22-24,31,36,39H,10-12,17,19-21H2,1-6H3/t22-,23-,24+,31-/m0/s1. The summed E-state index contributed by atoms with van der Waals surface area (Å²) in [6.07, 6.45) is 1.63. The van der Waals surface area contributed by atoms with Gasteiger partial charge in [-0.15, -0.1) is 0 Å². The molecule has 2 heterocycles. The minimum atomic E-state index is -4.09. The summed E-state index contributed by atoms with van der Waals surface area (Å²) >= 11 is 0. The number of aliphatic hydroxyl groups is 1. The lowest BCUT2D eigenvalue weighted by atomic mass is 10.0. The highest BCUT2D eigenvalue weighted by Crippen LogP contribution is 2.30. The van der Waals surface area contributed by atoms with Gasteiger partial charge in [0.1, 0.15) is 11.4 Å². The fourth-order valence-electron chi connectivity index (χ4n) is 5.67. The Kier molecular flexibility index (Phi) is 12.0. The number of aryl methyl sites for hydroxylation is 2. The molecule has 2 amide bonds. The minimum Gasteiger partial charge on any atom is -0.490 e. The molecule has 0 radical (unpaired) electrons. The van der Waals surface area contributed by atoms with Crippen molar-refractivity contribution in [1.82, 2.24) is 15.0 Å². The average Bonchev–Trinajstić information content (AvgIpc) is 3.40. The number of carbonyl (C=O) groups excluding carboxylic acids is 2. The molecular formula is C34H46N4O8S. The normalized spacial score (nSPS) is 20.4. The van der Waals surface area contributed by atoms with Crippen molar-refractivity contribution in [3.63, 3.8) is 0 Å². The number of amides is 2. The Bertz CT molecular complexity index is 1610. The first-order chi connectivity index (χ1) is 22.3. The zero-order valence-electron chi connectivity index (χ0n) is 27.9. The zero-order valence-corrected chi connectivity index (χ0v) is 28.7. The molecule has 1 aromatic heterocycles. The number of fused-ring (bicyclic) bond motifs is 1. The highest BCUT2D eigenvalue weighted by atomic mass is 32.2. The molecular weight excluding hydrogens is 624 g/mol. The fourth-order valence-corrected chi connectivity index (χ4v) is 7.05. The first kappa shape index (κ1) is 35.9. The van der Waals surface area contributed by atoms with E-state index in [2.05, 4.69) is 9.88 Å². The van der Waals surface area contributed by atoms with E-state index in [4.69, 9.17) is 14.0 Å². The monoisotopic (exact) mass is 670 g/mol. The van der Waals surface area contributed by atoms with Crippen LogP contribution in [0.5, 0.6) is 5.75 Å². The predicted molar refractivity (Wildman–Crippen MR) is 177 cm³/mol. The molecule has 4 atom stereocenters. The topological polar surface area (TPSA) is 152 Å². The molecule has 1 aliphatic rings. The molecule has 0 spiro atoms. The van der Waals surface area contributed by atoms with E-state index >= 15 is 0 Å². The molecule has 0 saturated carbocycles. The maximum atomic E-state index is 14.4. The quantitative estimate of drug-likeness (QED) is 0.349. The molecule has 2 aromatic carbocycles. The number of benzene rings is 2. The van der Waals surface area contributed by atoms with Crippen molar-refractivity contribution in [1.29, 1.82) is 0 Å². The zero-order chi connectivity index (χ0) is 34.3. The van der Waals surface area contributed by atoms with Crippen molar-refractivity contribution in [2.45, 2.75) is 77.0 Å². The fraction of sp³-hybridized carbons (Fsp3) is 0.500. The van der Waals surface area contributed by atoms with Gasteiger partial charge < -0.3 is 28.9 Å². The van der Waals surface area contributed by atoms with E-state index in [1.165, 1.54) is 19.9 Å². The number of hydrogen-bond donors (Lipinski definition) is 2. The number of ether oxygens (including phenoxy) is 2. The van der Waals surface area contributed by atoms with Crippen LogP contribution in [0.2, 0.25) is 0 Å². The molecule has 0 saturated heterocycles. The van der Waals surface area contributed by atoms with Crippen LogP contribution in [0.1, 0.15) is 72.2 Å². The lowest BCUT2D eigenvalue weighted by molar-refractivity contribution is -0.0149. The van der Waals surface area contributed by atoms with Gasteiger partial charge in [-0.3, -0.25) is 14.3 Å². The van der Waals surface area contributed by atoms with Crippen molar-refractivity contribution in [2.24, 2.45) is 5.92 Å². The number of nitrogens with zero attached hydrogens (tertiary/aromatic N) is 3. The van der Waals surface area contributed by atoms with Gasteiger partial charge >= 0.3 is 0 Å². The Labute approximate surface area is 277 Å². The van der Waals surface area contributed by atoms with Gasteiger partial charge in [0.15, 0.2) is 10.7 Å². The van der Waals surface area contributed by atoms with Crippen LogP contribution >= 0.6 is 0 Å². The molecule has 0 aliphatic carbocycles. The van der Waals surface area contributed by atoms with Gasteiger partial charge in [0.05, 0.1) is 30.4 Å². The number of rotatable bonds is 8. The molecule has 256 valence electrons. The van der Waals surface area contributed by atoms with Gasteiger partial charge in [0.2, 0.25) is 0 Å². The summed E-state index contributed by atoms with van der Waals surface area (Å²) in [5, 5.41) is 14.0. The highest BCUT2D eigenvalue weighted by Gasteiger charge is 2.32. The first-order valence-corrected chi connectivity index (χ1v) is 17.4. The molecule has 1 aliphatic heterocycles. The van der Waals surface area contributed by atoms with Crippen LogP contribution in [0.3, 0.4) is 0 Å². The number of carbonyl (C=O) groups is 2. The number of likely N-dealkylation sites (N-methyl/N-ethyl adjacent to an activating group) is 1. The summed E-state index contributed by atoms with van der Waals surface area (Å²) in [4.78, 5) is 30.6. The lowest BCUT2D eigenvalue weighted by Gasteiger charge is -2.36. The van der Waals surface area contributed by atoms with Gasteiger partial charge in [0, 0.05) is 43.9 Å². The first-order valence-electron chi connectivity index (χ1n) is 15.9. The molecule has 0 bridgehead atoms.